The summed E-state index contributed by atoms with van der Waals surface area (Å²) < 4.78 is 5.73. The van der Waals surface area contributed by atoms with Gasteiger partial charge in [0.1, 0.15) is 6.10 Å². The van der Waals surface area contributed by atoms with Gasteiger partial charge in [-0.3, -0.25) is 4.79 Å². The third-order valence-electron chi connectivity index (χ3n) is 3.48. The molecule has 78 valence electrons. The smallest absolute Gasteiger partial charge is 0.164 e. The highest BCUT2D eigenvalue weighted by Crippen LogP contribution is 2.39. The van der Waals surface area contributed by atoms with Gasteiger partial charge in [-0.1, -0.05) is 30.3 Å². The minimum atomic E-state index is -0.161. The van der Waals surface area contributed by atoms with Crippen molar-refractivity contribution in [1.82, 2.24) is 0 Å². The van der Waals surface area contributed by atoms with Crippen LogP contribution in [0.15, 0.2) is 30.3 Å². The van der Waals surface area contributed by atoms with E-state index in [0.717, 1.165) is 12.8 Å². The highest BCUT2D eigenvalue weighted by molar-refractivity contribution is 5.86. The van der Waals surface area contributed by atoms with Gasteiger partial charge in [-0.15, -0.1) is 0 Å². The molecule has 0 radical (unpaired) electrons. The summed E-state index contributed by atoms with van der Waals surface area (Å²) >= 11 is 0. The summed E-state index contributed by atoms with van der Waals surface area (Å²) in [6.45, 7) is 0. The van der Waals surface area contributed by atoms with Crippen LogP contribution in [-0.4, -0.2) is 18.0 Å². The van der Waals surface area contributed by atoms with Gasteiger partial charge < -0.3 is 4.74 Å². The van der Waals surface area contributed by atoms with Gasteiger partial charge >= 0.3 is 0 Å². The van der Waals surface area contributed by atoms with Crippen molar-refractivity contribution in [2.24, 2.45) is 0 Å². The lowest BCUT2D eigenvalue weighted by atomic mass is 9.88. The van der Waals surface area contributed by atoms with Crippen LogP contribution in [-0.2, 0) is 9.53 Å². The number of carbonyl (C=O) groups excluding carboxylic acids is 1. The lowest BCUT2D eigenvalue weighted by Crippen LogP contribution is -2.29. The van der Waals surface area contributed by atoms with E-state index in [0.29, 0.717) is 12.2 Å². The normalized spacial score (nSPS) is 34.4. The molecule has 0 aliphatic carbocycles. The van der Waals surface area contributed by atoms with Crippen molar-refractivity contribution in [2.75, 3.05) is 0 Å². The van der Waals surface area contributed by atoms with Crippen LogP contribution in [0.25, 0.3) is 0 Å². The molecule has 2 saturated heterocycles. The molecule has 0 unspecified atom stereocenters. The van der Waals surface area contributed by atoms with Gasteiger partial charge in [0.2, 0.25) is 0 Å². The Balaban J connectivity index is 1.91. The average molecular weight is 202 g/mol. The van der Waals surface area contributed by atoms with Gasteiger partial charge in [0.25, 0.3) is 0 Å². The number of ketones is 1. The van der Waals surface area contributed by atoms with Crippen molar-refractivity contribution in [3.05, 3.63) is 35.9 Å². The Morgan fingerprint density at radius 1 is 1.13 bits per heavy atom. The molecule has 2 aliphatic rings. The van der Waals surface area contributed by atoms with E-state index < -0.39 is 0 Å². The number of Topliss-reactive ketones (excluding diaryl/α,β-unsaturated/α-hetero) is 1. The summed E-state index contributed by atoms with van der Waals surface area (Å²) in [7, 11) is 0. The molecule has 3 rings (SSSR count). The van der Waals surface area contributed by atoms with E-state index in [1.807, 2.05) is 18.2 Å². The Hall–Kier alpha value is -1.15. The van der Waals surface area contributed by atoms with Gasteiger partial charge in [-0.2, -0.15) is 0 Å². The minimum absolute atomic E-state index is 0.161. The van der Waals surface area contributed by atoms with E-state index in [1.165, 1.54) is 5.56 Å². The second-order valence-electron chi connectivity index (χ2n) is 4.44. The van der Waals surface area contributed by atoms with Crippen molar-refractivity contribution in [1.29, 1.82) is 0 Å². The standard InChI is InChI=1S/C13H14O2/c14-12-8-10-6-7-11(13(12)15-10)9-4-2-1-3-5-9/h1-5,10-11,13H,6-8H2/t10-,11-,13+/m0/s1. The highest BCUT2D eigenvalue weighted by Gasteiger charge is 2.43. The van der Waals surface area contributed by atoms with Crippen molar-refractivity contribution < 1.29 is 9.53 Å². The van der Waals surface area contributed by atoms with E-state index in [9.17, 15) is 4.79 Å². The summed E-state index contributed by atoms with van der Waals surface area (Å²) in [6.07, 6.45) is 2.80. The molecule has 1 aromatic carbocycles. The zero-order valence-corrected chi connectivity index (χ0v) is 8.56. The van der Waals surface area contributed by atoms with Crippen LogP contribution in [0.1, 0.15) is 30.7 Å². The van der Waals surface area contributed by atoms with Crippen molar-refractivity contribution in [2.45, 2.75) is 37.4 Å². The zero-order chi connectivity index (χ0) is 10.3. The van der Waals surface area contributed by atoms with Crippen molar-refractivity contribution >= 4 is 5.78 Å². The molecular weight excluding hydrogens is 188 g/mol. The number of carbonyl (C=O) groups is 1. The molecule has 0 amide bonds. The molecule has 2 fully saturated rings. The maximum absolute atomic E-state index is 11.7. The van der Waals surface area contributed by atoms with Gasteiger partial charge in [0, 0.05) is 12.3 Å². The summed E-state index contributed by atoms with van der Waals surface area (Å²) in [5.41, 5.74) is 1.25. The van der Waals surface area contributed by atoms with Crippen LogP contribution in [0.4, 0.5) is 0 Å². The molecule has 3 atom stereocenters. The van der Waals surface area contributed by atoms with Crippen molar-refractivity contribution in [3.63, 3.8) is 0 Å². The van der Waals surface area contributed by atoms with E-state index in [1.54, 1.807) is 0 Å². The fourth-order valence-electron chi connectivity index (χ4n) is 2.72. The Bertz CT molecular complexity index is 371. The number of benzene rings is 1. The van der Waals surface area contributed by atoms with Crippen LogP contribution in [0, 0.1) is 0 Å². The largest absolute Gasteiger partial charge is 0.366 e. The predicted octanol–water partition coefficient (Wildman–Crippen LogP) is 2.29. The van der Waals surface area contributed by atoms with Gasteiger partial charge in [0.05, 0.1) is 6.10 Å². The molecule has 0 N–H and O–H groups in total. The van der Waals surface area contributed by atoms with Crippen LogP contribution < -0.4 is 0 Å². The third-order valence-corrected chi connectivity index (χ3v) is 3.48. The van der Waals surface area contributed by atoms with E-state index in [4.69, 9.17) is 4.74 Å². The predicted molar refractivity (Wildman–Crippen MR) is 56.7 cm³/mol. The first-order chi connectivity index (χ1) is 7.34. The number of rotatable bonds is 1. The van der Waals surface area contributed by atoms with Crippen LogP contribution in [0.5, 0.6) is 0 Å². The maximum Gasteiger partial charge on any atom is 0.164 e. The minimum Gasteiger partial charge on any atom is -0.366 e. The Labute approximate surface area is 89.2 Å². The number of hydrogen-bond acceptors (Lipinski definition) is 2. The summed E-state index contributed by atoms with van der Waals surface area (Å²) in [5, 5.41) is 0. The molecule has 2 heteroatoms. The molecule has 0 saturated carbocycles. The molecule has 1 aromatic rings. The third kappa shape index (κ3) is 1.49. The lowest BCUT2D eigenvalue weighted by Gasteiger charge is -2.28. The van der Waals surface area contributed by atoms with E-state index in [-0.39, 0.29) is 18.1 Å². The molecule has 0 spiro atoms. The second kappa shape index (κ2) is 3.46. The monoisotopic (exact) mass is 202 g/mol. The average Bonchev–Trinajstić information content (AvgIpc) is 2.57. The topological polar surface area (TPSA) is 26.3 Å². The summed E-state index contributed by atoms with van der Waals surface area (Å²) in [5.74, 6) is 0.587. The lowest BCUT2D eigenvalue weighted by molar-refractivity contribution is -0.124. The van der Waals surface area contributed by atoms with Crippen LogP contribution in [0.3, 0.4) is 0 Å². The summed E-state index contributed by atoms with van der Waals surface area (Å²) in [4.78, 5) is 11.7. The number of ether oxygens (including phenoxy) is 1. The van der Waals surface area contributed by atoms with E-state index in [2.05, 4.69) is 12.1 Å². The molecule has 2 nitrogen and oxygen atoms in total. The molecule has 2 aliphatic heterocycles. The zero-order valence-electron chi connectivity index (χ0n) is 8.56. The van der Waals surface area contributed by atoms with Crippen LogP contribution >= 0.6 is 0 Å². The first-order valence-corrected chi connectivity index (χ1v) is 5.58. The van der Waals surface area contributed by atoms with Gasteiger partial charge in [-0.05, 0) is 18.4 Å². The maximum atomic E-state index is 11.7. The molecule has 15 heavy (non-hydrogen) atoms. The summed E-state index contributed by atoms with van der Waals surface area (Å²) in [6, 6.07) is 10.3. The Morgan fingerprint density at radius 3 is 2.73 bits per heavy atom. The molecular formula is C13H14O2. The number of hydrogen-bond donors (Lipinski definition) is 0. The SMILES string of the molecule is O=C1C[C@@H]2CC[C@@H](c3ccccc3)[C@H]1O2. The van der Waals surface area contributed by atoms with Gasteiger partial charge in [-0.25, -0.2) is 0 Å². The van der Waals surface area contributed by atoms with Crippen molar-refractivity contribution in [3.8, 4) is 0 Å². The second-order valence-corrected chi connectivity index (χ2v) is 4.44. The first kappa shape index (κ1) is 9.10. The van der Waals surface area contributed by atoms with E-state index >= 15 is 0 Å². The Morgan fingerprint density at radius 2 is 1.93 bits per heavy atom. The van der Waals surface area contributed by atoms with Crippen LogP contribution in [0.2, 0.25) is 0 Å². The first-order valence-electron chi connectivity index (χ1n) is 5.58. The Kier molecular flexibility index (Phi) is 2.10. The molecule has 0 aromatic heterocycles. The highest BCUT2D eigenvalue weighted by atomic mass is 16.5. The fourth-order valence-corrected chi connectivity index (χ4v) is 2.72. The fraction of sp³-hybridized carbons (Fsp3) is 0.462. The van der Waals surface area contributed by atoms with Gasteiger partial charge in [0.15, 0.2) is 5.78 Å². The molecule has 2 heterocycles. The number of fused-ring (bicyclic) bond motifs is 2. The molecule has 2 bridgehead atoms. The quantitative estimate of drug-likeness (QED) is 0.698.